The Morgan fingerprint density at radius 1 is 1.16 bits per heavy atom. The highest BCUT2D eigenvalue weighted by atomic mass is 35.5. The Morgan fingerprint density at radius 2 is 1.89 bits per heavy atom. The first-order chi connectivity index (χ1) is 9.04. The first kappa shape index (κ1) is 13.9. The van der Waals surface area contributed by atoms with Gasteiger partial charge in [-0.1, -0.05) is 23.7 Å². The standard InChI is InChI=1S/C14H13ClF2N2/c1-8-10(3-2-4-12(8)15)14(19-18)11-7-9(16)5-6-13(11)17/h2-7,14,19H,18H2,1H3. The van der Waals surface area contributed by atoms with Crippen LogP contribution in [0.2, 0.25) is 5.02 Å². The Kier molecular flexibility index (Phi) is 4.14. The van der Waals surface area contributed by atoms with Crippen molar-refractivity contribution >= 4 is 11.6 Å². The van der Waals surface area contributed by atoms with Gasteiger partial charge in [0.1, 0.15) is 11.6 Å². The van der Waals surface area contributed by atoms with Crippen LogP contribution in [0.15, 0.2) is 36.4 Å². The van der Waals surface area contributed by atoms with Crippen molar-refractivity contribution in [3.8, 4) is 0 Å². The Morgan fingerprint density at radius 3 is 2.58 bits per heavy atom. The molecule has 0 saturated carbocycles. The minimum atomic E-state index is -0.658. The maximum absolute atomic E-state index is 13.8. The monoisotopic (exact) mass is 282 g/mol. The van der Waals surface area contributed by atoms with E-state index in [0.717, 1.165) is 23.8 Å². The van der Waals surface area contributed by atoms with Crippen LogP contribution in [0.5, 0.6) is 0 Å². The van der Waals surface area contributed by atoms with E-state index in [4.69, 9.17) is 17.4 Å². The van der Waals surface area contributed by atoms with E-state index in [1.165, 1.54) is 0 Å². The number of hydrogen-bond acceptors (Lipinski definition) is 2. The Balaban J connectivity index is 2.56. The molecule has 2 aromatic carbocycles. The molecule has 1 atom stereocenters. The van der Waals surface area contributed by atoms with Gasteiger partial charge in [0, 0.05) is 10.6 Å². The Hall–Kier alpha value is -1.49. The second-order valence-electron chi connectivity index (χ2n) is 4.22. The maximum Gasteiger partial charge on any atom is 0.128 e. The van der Waals surface area contributed by atoms with Gasteiger partial charge < -0.3 is 0 Å². The number of rotatable bonds is 3. The van der Waals surface area contributed by atoms with Crippen molar-refractivity contribution in [1.29, 1.82) is 0 Å². The summed E-state index contributed by atoms with van der Waals surface area (Å²) in [7, 11) is 0. The number of hydrazine groups is 1. The molecular formula is C14H13ClF2N2. The number of halogens is 3. The molecule has 0 bridgehead atoms. The van der Waals surface area contributed by atoms with Gasteiger partial charge in [0.05, 0.1) is 6.04 Å². The average molecular weight is 283 g/mol. The smallest absolute Gasteiger partial charge is 0.128 e. The number of nitrogens with one attached hydrogen (secondary N) is 1. The van der Waals surface area contributed by atoms with Gasteiger partial charge in [0.25, 0.3) is 0 Å². The molecule has 0 amide bonds. The van der Waals surface area contributed by atoms with Gasteiger partial charge in [0.15, 0.2) is 0 Å². The summed E-state index contributed by atoms with van der Waals surface area (Å²) in [4.78, 5) is 0. The molecular weight excluding hydrogens is 270 g/mol. The molecule has 0 aliphatic carbocycles. The highest BCUT2D eigenvalue weighted by Gasteiger charge is 2.19. The Labute approximate surface area is 115 Å². The third-order valence-electron chi connectivity index (χ3n) is 3.06. The summed E-state index contributed by atoms with van der Waals surface area (Å²) in [5, 5.41) is 0.551. The first-order valence-electron chi connectivity index (χ1n) is 5.70. The molecule has 0 saturated heterocycles. The van der Waals surface area contributed by atoms with E-state index in [1.807, 2.05) is 0 Å². The normalized spacial score (nSPS) is 12.5. The van der Waals surface area contributed by atoms with Crippen molar-refractivity contribution in [3.05, 3.63) is 69.7 Å². The minimum absolute atomic E-state index is 0.146. The van der Waals surface area contributed by atoms with Crippen LogP contribution in [0.3, 0.4) is 0 Å². The van der Waals surface area contributed by atoms with E-state index in [1.54, 1.807) is 25.1 Å². The van der Waals surface area contributed by atoms with Crippen molar-refractivity contribution in [2.24, 2.45) is 5.84 Å². The zero-order valence-electron chi connectivity index (χ0n) is 10.3. The molecule has 0 aliphatic heterocycles. The fourth-order valence-corrected chi connectivity index (χ4v) is 2.20. The molecule has 2 aromatic rings. The summed E-state index contributed by atoms with van der Waals surface area (Å²) in [5.41, 5.74) is 4.13. The minimum Gasteiger partial charge on any atom is -0.271 e. The van der Waals surface area contributed by atoms with E-state index < -0.39 is 17.7 Å². The molecule has 0 aromatic heterocycles. The molecule has 0 aliphatic rings. The van der Waals surface area contributed by atoms with Gasteiger partial charge in [-0.05, 0) is 42.3 Å². The lowest BCUT2D eigenvalue weighted by molar-refractivity contribution is 0.544. The summed E-state index contributed by atoms with van der Waals surface area (Å²) >= 11 is 6.04. The molecule has 19 heavy (non-hydrogen) atoms. The van der Waals surface area contributed by atoms with Gasteiger partial charge >= 0.3 is 0 Å². The van der Waals surface area contributed by atoms with Crippen molar-refractivity contribution in [3.63, 3.8) is 0 Å². The quantitative estimate of drug-likeness (QED) is 0.668. The van der Waals surface area contributed by atoms with Crippen LogP contribution in [-0.2, 0) is 0 Å². The Bertz CT molecular complexity index is 600. The molecule has 3 N–H and O–H groups in total. The lowest BCUT2D eigenvalue weighted by Crippen LogP contribution is -2.30. The topological polar surface area (TPSA) is 38.0 Å². The summed E-state index contributed by atoms with van der Waals surface area (Å²) < 4.78 is 27.1. The number of hydrogen-bond donors (Lipinski definition) is 2. The predicted molar refractivity (Wildman–Crippen MR) is 71.7 cm³/mol. The van der Waals surface area contributed by atoms with Crippen molar-refractivity contribution in [2.75, 3.05) is 0 Å². The number of benzene rings is 2. The average Bonchev–Trinajstić information content (AvgIpc) is 2.39. The second kappa shape index (κ2) is 5.65. The summed E-state index contributed by atoms with van der Waals surface area (Å²) in [6, 6.07) is 7.86. The molecule has 0 spiro atoms. The van der Waals surface area contributed by atoms with E-state index in [9.17, 15) is 8.78 Å². The fourth-order valence-electron chi connectivity index (χ4n) is 2.02. The third-order valence-corrected chi connectivity index (χ3v) is 3.47. The predicted octanol–water partition coefficient (Wildman–Crippen LogP) is 3.48. The molecule has 2 nitrogen and oxygen atoms in total. The van der Waals surface area contributed by atoms with Crippen molar-refractivity contribution < 1.29 is 8.78 Å². The number of nitrogens with two attached hydrogens (primary N) is 1. The summed E-state index contributed by atoms with van der Waals surface area (Å²) in [6.07, 6.45) is 0. The molecule has 1 unspecified atom stereocenters. The third kappa shape index (κ3) is 2.76. The summed E-state index contributed by atoms with van der Waals surface area (Å²) in [6.45, 7) is 1.80. The molecule has 2 rings (SSSR count). The van der Waals surface area contributed by atoms with Crippen molar-refractivity contribution in [2.45, 2.75) is 13.0 Å². The fraction of sp³-hybridized carbons (Fsp3) is 0.143. The van der Waals surface area contributed by atoms with E-state index in [2.05, 4.69) is 5.43 Å². The van der Waals surface area contributed by atoms with Crippen LogP contribution in [0, 0.1) is 18.6 Å². The summed E-state index contributed by atoms with van der Waals surface area (Å²) in [5.74, 6) is 4.45. The van der Waals surface area contributed by atoms with Crippen LogP contribution >= 0.6 is 11.6 Å². The molecule has 0 heterocycles. The van der Waals surface area contributed by atoms with Gasteiger partial charge in [0.2, 0.25) is 0 Å². The molecule has 5 heteroatoms. The van der Waals surface area contributed by atoms with Crippen LogP contribution in [0.25, 0.3) is 0 Å². The van der Waals surface area contributed by atoms with Crippen LogP contribution in [0.4, 0.5) is 8.78 Å². The lowest BCUT2D eigenvalue weighted by Gasteiger charge is -2.20. The van der Waals surface area contributed by atoms with Gasteiger partial charge in [-0.2, -0.15) is 0 Å². The maximum atomic E-state index is 13.8. The van der Waals surface area contributed by atoms with Crippen LogP contribution in [0.1, 0.15) is 22.7 Å². The van der Waals surface area contributed by atoms with Crippen LogP contribution in [-0.4, -0.2) is 0 Å². The highest BCUT2D eigenvalue weighted by molar-refractivity contribution is 6.31. The van der Waals surface area contributed by atoms with E-state index >= 15 is 0 Å². The highest BCUT2D eigenvalue weighted by Crippen LogP contribution is 2.29. The van der Waals surface area contributed by atoms with Gasteiger partial charge in [-0.15, -0.1) is 0 Å². The largest absolute Gasteiger partial charge is 0.271 e. The molecule has 0 radical (unpaired) electrons. The van der Waals surface area contributed by atoms with E-state index in [0.29, 0.717) is 10.6 Å². The first-order valence-corrected chi connectivity index (χ1v) is 6.08. The van der Waals surface area contributed by atoms with Crippen LogP contribution < -0.4 is 11.3 Å². The molecule has 100 valence electrons. The molecule has 0 fully saturated rings. The zero-order valence-corrected chi connectivity index (χ0v) is 11.0. The second-order valence-corrected chi connectivity index (χ2v) is 4.63. The lowest BCUT2D eigenvalue weighted by atomic mass is 9.95. The van der Waals surface area contributed by atoms with Gasteiger partial charge in [-0.25, -0.2) is 14.2 Å². The zero-order chi connectivity index (χ0) is 14.0. The van der Waals surface area contributed by atoms with E-state index in [-0.39, 0.29) is 5.56 Å². The SMILES string of the molecule is Cc1c(Cl)cccc1C(NN)c1cc(F)ccc1F. The van der Waals surface area contributed by atoms with Crippen molar-refractivity contribution in [1.82, 2.24) is 5.43 Å². The van der Waals surface area contributed by atoms with Gasteiger partial charge in [-0.3, -0.25) is 5.84 Å².